The van der Waals surface area contributed by atoms with Crippen molar-refractivity contribution in [2.45, 2.75) is 0 Å². The number of hydrogen-bond donors (Lipinski definition) is 1. The van der Waals surface area contributed by atoms with Gasteiger partial charge in [-0.1, -0.05) is 48.2 Å². The Morgan fingerprint density at radius 1 is 1.05 bits per heavy atom. The van der Waals surface area contributed by atoms with E-state index in [1.54, 1.807) is 11.5 Å². The summed E-state index contributed by atoms with van der Waals surface area (Å²) in [6.07, 6.45) is 7.81. The van der Waals surface area contributed by atoms with Crippen molar-refractivity contribution in [2.24, 2.45) is 0 Å². The van der Waals surface area contributed by atoms with E-state index in [0.29, 0.717) is 5.57 Å². The summed E-state index contributed by atoms with van der Waals surface area (Å²) in [5.74, 6) is -0.885. The van der Waals surface area contributed by atoms with Gasteiger partial charge in [0.05, 0.1) is 5.57 Å². The number of carboxylic acids is 1. The molecule has 2 aliphatic rings. The van der Waals surface area contributed by atoms with E-state index in [1.165, 1.54) is 11.8 Å². The van der Waals surface area contributed by atoms with E-state index in [9.17, 15) is 4.79 Å². The normalized spacial score (nSPS) is 15.9. The Morgan fingerprint density at radius 2 is 1.79 bits per heavy atom. The number of aliphatic carboxylic acids is 1. The van der Waals surface area contributed by atoms with Gasteiger partial charge in [-0.3, -0.25) is 0 Å². The van der Waals surface area contributed by atoms with Gasteiger partial charge in [0, 0.05) is 4.91 Å². The molecule has 0 aromatic heterocycles. The molecule has 1 aromatic carbocycles. The third kappa shape index (κ3) is 2.95. The van der Waals surface area contributed by atoms with Gasteiger partial charge in [0.1, 0.15) is 0 Å². The summed E-state index contributed by atoms with van der Waals surface area (Å²) in [6, 6.07) is 8.12. The topological polar surface area (TPSA) is 37.3 Å². The van der Waals surface area contributed by atoms with E-state index < -0.39 is 5.97 Å². The second-order valence-corrected chi connectivity index (χ2v) is 4.98. The molecule has 1 aromatic rings. The average Bonchev–Trinajstić information content (AvgIpc) is 2.56. The van der Waals surface area contributed by atoms with Crippen LogP contribution in [-0.2, 0) is 4.79 Å². The minimum atomic E-state index is -0.885. The number of hydrogen-bond acceptors (Lipinski definition) is 2. The summed E-state index contributed by atoms with van der Waals surface area (Å²) >= 11 is 1.46. The Morgan fingerprint density at radius 3 is 2.53 bits per heavy atom. The van der Waals surface area contributed by atoms with Gasteiger partial charge in [-0.05, 0) is 34.3 Å². The number of thioether (sulfide) groups is 1. The average molecular weight is 278 g/mol. The summed E-state index contributed by atoms with van der Waals surface area (Å²) in [7, 11) is 0. The SMILES string of the molecule is O=C(O)C1=CSC2=Cc3ccccc3C=CC2=C1.[NaH]. The zero-order valence-corrected chi connectivity index (χ0v) is 10.3. The molecular formula is C15H11NaO2S. The van der Waals surface area contributed by atoms with Crippen LogP contribution in [0.5, 0.6) is 0 Å². The fraction of sp³-hybridized carbons (Fsp3) is 0. The molecule has 0 fully saturated rings. The van der Waals surface area contributed by atoms with Crippen LogP contribution in [0, 0.1) is 0 Å². The molecule has 4 heteroatoms. The number of benzene rings is 1. The quantitative estimate of drug-likeness (QED) is 0.802. The number of allylic oxidation sites excluding steroid dienone is 2. The molecule has 19 heavy (non-hydrogen) atoms. The van der Waals surface area contributed by atoms with Crippen molar-refractivity contribution in [3.8, 4) is 0 Å². The zero-order chi connectivity index (χ0) is 12.5. The van der Waals surface area contributed by atoms with Crippen LogP contribution in [0.4, 0.5) is 0 Å². The molecule has 0 spiro atoms. The Kier molecular flexibility index (Phi) is 4.53. The van der Waals surface area contributed by atoms with Crippen molar-refractivity contribution >= 4 is 59.4 Å². The molecule has 0 saturated heterocycles. The summed E-state index contributed by atoms with van der Waals surface area (Å²) in [6.45, 7) is 0. The molecule has 0 unspecified atom stereocenters. The Labute approximate surface area is 137 Å². The fourth-order valence-electron chi connectivity index (χ4n) is 1.94. The van der Waals surface area contributed by atoms with E-state index >= 15 is 0 Å². The number of carboxylic acid groups (broad SMARTS) is 1. The van der Waals surface area contributed by atoms with Crippen LogP contribution in [0.3, 0.4) is 0 Å². The second kappa shape index (κ2) is 5.97. The van der Waals surface area contributed by atoms with Gasteiger partial charge in [-0.25, -0.2) is 4.79 Å². The first-order valence-corrected chi connectivity index (χ1v) is 6.43. The van der Waals surface area contributed by atoms with Crippen LogP contribution in [0.1, 0.15) is 11.1 Å². The monoisotopic (exact) mass is 278 g/mol. The first-order chi connectivity index (χ1) is 8.74. The summed E-state index contributed by atoms with van der Waals surface area (Å²) < 4.78 is 0. The molecule has 1 aliphatic heterocycles. The second-order valence-electron chi connectivity index (χ2n) is 4.07. The summed E-state index contributed by atoms with van der Waals surface area (Å²) in [5.41, 5.74) is 3.60. The summed E-state index contributed by atoms with van der Waals surface area (Å²) in [4.78, 5) is 12.0. The molecule has 0 radical (unpaired) electrons. The van der Waals surface area contributed by atoms with Gasteiger partial charge >= 0.3 is 35.5 Å². The summed E-state index contributed by atoms with van der Waals surface area (Å²) in [5, 5.41) is 10.7. The number of carbonyl (C=O) groups is 1. The molecule has 2 nitrogen and oxygen atoms in total. The van der Waals surface area contributed by atoms with Crippen molar-refractivity contribution in [3.05, 3.63) is 69.0 Å². The van der Waals surface area contributed by atoms with Crippen LogP contribution in [0.25, 0.3) is 12.2 Å². The Balaban J connectivity index is 0.00000133. The number of rotatable bonds is 1. The maximum atomic E-state index is 11.0. The fourth-order valence-corrected chi connectivity index (χ4v) is 2.82. The van der Waals surface area contributed by atoms with Crippen molar-refractivity contribution in [1.29, 1.82) is 0 Å². The molecule has 0 atom stereocenters. The van der Waals surface area contributed by atoms with Gasteiger partial charge in [0.15, 0.2) is 0 Å². The number of fused-ring (bicyclic) bond motifs is 2. The zero-order valence-electron chi connectivity index (χ0n) is 9.46. The predicted octanol–water partition coefficient (Wildman–Crippen LogP) is 3.05. The predicted molar refractivity (Wildman–Crippen MR) is 82.0 cm³/mol. The van der Waals surface area contributed by atoms with Crippen molar-refractivity contribution in [3.63, 3.8) is 0 Å². The van der Waals surface area contributed by atoms with Crippen molar-refractivity contribution in [1.82, 2.24) is 0 Å². The first kappa shape index (κ1) is 14.4. The van der Waals surface area contributed by atoms with Crippen LogP contribution in [0.15, 0.2) is 57.9 Å². The van der Waals surface area contributed by atoms with Crippen LogP contribution < -0.4 is 0 Å². The van der Waals surface area contributed by atoms with Gasteiger partial charge in [-0.15, -0.1) is 0 Å². The first-order valence-electron chi connectivity index (χ1n) is 5.55. The molecule has 0 bridgehead atoms. The molecule has 1 N–H and O–H groups in total. The molecule has 90 valence electrons. The van der Waals surface area contributed by atoms with E-state index in [4.69, 9.17) is 5.11 Å². The van der Waals surface area contributed by atoms with E-state index in [1.807, 2.05) is 24.3 Å². The van der Waals surface area contributed by atoms with Gasteiger partial charge in [-0.2, -0.15) is 0 Å². The standard InChI is InChI=1S/C15H10O2S.Na.H/c16-15(17)13-7-12-6-5-10-3-1-2-4-11(10)8-14(12)18-9-13;;/h1-9H,(H,16,17);;. The van der Waals surface area contributed by atoms with Crippen LogP contribution in [0.2, 0.25) is 0 Å². The molecule has 3 rings (SSSR count). The molecule has 1 aliphatic carbocycles. The Hall–Kier alpha value is -1.000. The minimum absolute atomic E-state index is 0. The maximum absolute atomic E-state index is 11.0. The Bertz CT molecular complexity index is 654. The van der Waals surface area contributed by atoms with Crippen LogP contribution in [-0.4, -0.2) is 40.6 Å². The van der Waals surface area contributed by atoms with Crippen molar-refractivity contribution < 1.29 is 9.90 Å². The van der Waals surface area contributed by atoms with E-state index in [2.05, 4.69) is 18.2 Å². The molecule has 0 saturated carbocycles. The van der Waals surface area contributed by atoms with Crippen molar-refractivity contribution in [2.75, 3.05) is 0 Å². The van der Waals surface area contributed by atoms with E-state index in [-0.39, 0.29) is 29.6 Å². The third-order valence-electron chi connectivity index (χ3n) is 2.88. The third-order valence-corrected chi connectivity index (χ3v) is 3.86. The van der Waals surface area contributed by atoms with E-state index in [0.717, 1.165) is 21.6 Å². The molecule has 0 amide bonds. The van der Waals surface area contributed by atoms with Crippen LogP contribution >= 0.6 is 11.8 Å². The van der Waals surface area contributed by atoms with Gasteiger partial charge < -0.3 is 5.11 Å². The molecular weight excluding hydrogens is 267 g/mol. The van der Waals surface area contributed by atoms with Gasteiger partial charge in [0.25, 0.3) is 0 Å². The van der Waals surface area contributed by atoms with Gasteiger partial charge in [0.2, 0.25) is 0 Å². The molecule has 1 heterocycles.